The highest BCUT2D eigenvalue weighted by atomic mass is 127. The van der Waals surface area contributed by atoms with E-state index >= 15 is 0 Å². The third-order valence-corrected chi connectivity index (χ3v) is 5.73. The second-order valence-electron chi connectivity index (χ2n) is 7.98. The summed E-state index contributed by atoms with van der Waals surface area (Å²) < 4.78 is 7.77. The number of halogens is 1. The largest absolute Gasteiger partial charge is 0.373 e. The smallest absolute Gasteiger partial charge is 0.203 e. The van der Waals surface area contributed by atoms with Crippen LogP contribution < -0.4 is 15.5 Å². The molecule has 2 aromatic heterocycles. The van der Waals surface area contributed by atoms with E-state index < -0.39 is 0 Å². The number of rotatable bonds is 5. The van der Waals surface area contributed by atoms with Crippen molar-refractivity contribution >= 4 is 41.4 Å². The molecule has 9 nitrogen and oxygen atoms in total. The molecule has 2 aliphatic heterocycles. The Labute approximate surface area is 188 Å². The van der Waals surface area contributed by atoms with Crippen molar-refractivity contribution in [1.82, 2.24) is 30.2 Å². The number of anilines is 1. The first-order valence-corrected chi connectivity index (χ1v) is 10.1. The molecular formula is C19H31IN8O. The highest BCUT2D eigenvalue weighted by Crippen LogP contribution is 2.25. The van der Waals surface area contributed by atoms with Gasteiger partial charge in [0.15, 0.2) is 11.8 Å². The number of aliphatic imine (C=N–C) groups is 1. The van der Waals surface area contributed by atoms with E-state index in [-0.39, 0.29) is 29.6 Å². The van der Waals surface area contributed by atoms with Crippen LogP contribution in [0.15, 0.2) is 23.7 Å². The van der Waals surface area contributed by atoms with E-state index in [0.717, 1.165) is 69.5 Å². The molecule has 4 rings (SSSR count). The molecule has 0 bridgehead atoms. The molecule has 2 atom stereocenters. The summed E-state index contributed by atoms with van der Waals surface area (Å²) in [5, 5.41) is 15.1. The van der Waals surface area contributed by atoms with Crippen molar-refractivity contribution in [2.24, 2.45) is 10.9 Å². The second kappa shape index (κ2) is 9.88. The number of fused-ring (bicyclic) bond motifs is 1. The van der Waals surface area contributed by atoms with Gasteiger partial charge < -0.3 is 20.3 Å². The van der Waals surface area contributed by atoms with Crippen molar-refractivity contribution in [3.8, 4) is 0 Å². The molecule has 2 aromatic rings. The van der Waals surface area contributed by atoms with Gasteiger partial charge in [0.05, 0.1) is 5.60 Å². The zero-order chi connectivity index (χ0) is 19.4. The average molecular weight is 514 g/mol. The van der Waals surface area contributed by atoms with Gasteiger partial charge in [-0.05, 0) is 38.5 Å². The molecule has 2 aliphatic rings. The summed E-state index contributed by atoms with van der Waals surface area (Å²) in [6.45, 7) is 6.63. The fourth-order valence-electron chi connectivity index (χ4n) is 4.10. The lowest BCUT2D eigenvalue weighted by molar-refractivity contribution is 0.0242. The molecule has 160 valence electrons. The van der Waals surface area contributed by atoms with Crippen LogP contribution >= 0.6 is 24.0 Å². The highest BCUT2D eigenvalue weighted by molar-refractivity contribution is 14.0. The predicted octanol–water partition coefficient (Wildman–Crippen LogP) is 1.69. The minimum Gasteiger partial charge on any atom is -0.373 e. The molecule has 2 N–H and O–H groups in total. The van der Waals surface area contributed by atoms with Crippen molar-refractivity contribution in [3.63, 3.8) is 0 Å². The van der Waals surface area contributed by atoms with E-state index in [1.54, 1.807) is 6.33 Å². The fraction of sp³-hybridized carbons (Fsp3) is 0.684. The first-order chi connectivity index (χ1) is 13.7. The summed E-state index contributed by atoms with van der Waals surface area (Å²) in [6, 6.07) is 0. The Hall–Kier alpha value is -1.69. The second-order valence-corrected chi connectivity index (χ2v) is 7.98. The number of guanidine groups is 1. The fourth-order valence-corrected chi connectivity index (χ4v) is 4.10. The van der Waals surface area contributed by atoms with E-state index in [2.05, 4.69) is 42.6 Å². The maximum absolute atomic E-state index is 5.85. The first kappa shape index (κ1) is 22.0. The van der Waals surface area contributed by atoms with Crippen LogP contribution in [-0.4, -0.2) is 71.0 Å². The first-order valence-electron chi connectivity index (χ1n) is 10.1. The van der Waals surface area contributed by atoms with Gasteiger partial charge >= 0.3 is 0 Å². The van der Waals surface area contributed by atoms with Crippen molar-refractivity contribution in [3.05, 3.63) is 18.7 Å². The summed E-state index contributed by atoms with van der Waals surface area (Å²) in [7, 11) is 1.82. The van der Waals surface area contributed by atoms with E-state index in [1.807, 2.05) is 23.8 Å². The van der Waals surface area contributed by atoms with Gasteiger partial charge in [-0.2, -0.15) is 0 Å². The summed E-state index contributed by atoms with van der Waals surface area (Å²) in [5.74, 6) is 2.28. The predicted molar refractivity (Wildman–Crippen MR) is 124 cm³/mol. The van der Waals surface area contributed by atoms with Crippen LogP contribution in [0.2, 0.25) is 0 Å². The third-order valence-electron chi connectivity index (χ3n) is 5.73. The number of hydrogen-bond donors (Lipinski definition) is 2. The van der Waals surface area contributed by atoms with E-state index in [0.29, 0.717) is 5.92 Å². The summed E-state index contributed by atoms with van der Waals surface area (Å²) in [5.41, 5.74) is 0.736. The number of piperidine rings is 1. The van der Waals surface area contributed by atoms with Gasteiger partial charge in [0.1, 0.15) is 6.33 Å². The Morgan fingerprint density at radius 2 is 2.28 bits per heavy atom. The number of nitrogens with zero attached hydrogens (tertiary/aromatic N) is 6. The summed E-state index contributed by atoms with van der Waals surface area (Å²) in [6.07, 6.45) is 9.97. The van der Waals surface area contributed by atoms with Gasteiger partial charge in [-0.25, -0.2) is 4.98 Å². The van der Waals surface area contributed by atoms with Crippen molar-refractivity contribution in [2.45, 2.75) is 38.2 Å². The lowest BCUT2D eigenvalue weighted by Gasteiger charge is -2.34. The van der Waals surface area contributed by atoms with Crippen LogP contribution in [-0.2, 0) is 4.74 Å². The summed E-state index contributed by atoms with van der Waals surface area (Å²) >= 11 is 0. The van der Waals surface area contributed by atoms with Crippen LogP contribution in [0.4, 0.5) is 5.82 Å². The van der Waals surface area contributed by atoms with Crippen molar-refractivity contribution < 1.29 is 4.74 Å². The topological polar surface area (TPSA) is 92.0 Å². The number of nitrogens with one attached hydrogen (secondary N) is 2. The van der Waals surface area contributed by atoms with Crippen molar-refractivity contribution in [2.75, 3.05) is 44.7 Å². The van der Waals surface area contributed by atoms with Gasteiger partial charge in [-0.15, -0.1) is 34.2 Å². The number of aromatic nitrogens is 4. The molecule has 2 unspecified atom stereocenters. The number of ether oxygens (including phenoxy) is 1. The maximum Gasteiger partial charge on any atom is 0.203 e. The Bertz CT molecular complexity index is 819. The van der Waals surface area contributed by atoms with Crippen LogP contribution in [0, 0.1) is 5.92 Å². The lowest BCUT2D eigenvalue weighted by Crippen LogP contribution is -2.48. The average Bonchev–Trinajstić information content (AvgIpc) is 3.37. The molecule has 0 amide bonds. The molecule has 0 spiro atoms. The van der Waals surface area contributed by atoms with Gasteiger partial charge in [-0.1, -0.05) is 0 Å². The molecule has 0 saturated carbocycles. The summed E-state index contributed by atoms with van der Waals surface area (Å²) in [4.78, 5) is 11.3. The van der Waals surface area contributed by atoms with Crippen LogP contribution in [0.3, 0.4) is 0 Å². The van der Waals surface area contributed by atoms with E-state index in [1.165, 1.54) is 6.42 Å². The van der Waals surface area contributed by atoms with Crippen LogP contribution in [0.25, 0.3) is 5.65 Å². The van der Waals surface area contributed by atoms with Crippen LogP contribution in [0.5, 0.6) is 0 Å². The Kier molecular flexibility index (Phi) is 7.49. The van der Waals surface area contributed by atoms with Gasteiger partial charge in [0.25, 0.3) is 0 Å². The molecule has 0 aromatic carbocycles. The molecule has 4 heterocycles. The standard InChI is InChI=1S/C19H30N8O.HI/c1-19(6-4-10-28-19)13-23-18(20-2)22-11-15-5-3-8-26(12-15)16-17-25-24-14-27(17)9-7-21-16;/h7,9,14-15H,3-6,8,10-13H2,1-2H3,(H2,20,22,23);1H. The molecule has 2 saturated heterocycles. The third kappa shape index (κ3) is 5.27. The quantitative estimate of drug-likeness (QED) is 0.357. The van der Waals surface area contributed by atoms with E-state index in [4.69, 9.17) is 4.74 Å². The SMILES string of the molecule is CN=C(NCC1CCCN(c2nccn3cnnc23)C1)NCC1(C)CCCO1.I. The molecule has 29 heavy (non-hydrogen) atoms. The number of hydrogen-bond acceptors (Lipinski definition) is 6. The van der Waals surface area contributed by atoms with Gasteiger partial charge in [-0.3, -0.25) is 9.39 Å². The maximum atomic E-state index is 5.85. The monoisotopic (exact) mass is 514 g/mol. The van der Waals surface area contributed by atoms with Gasteiger partial charge in [0, 0.05) is 52.2 Å². The Balaban J connectivity index is 0.00000240. The molecular weight excluding hydrogens is 483 g/mol. The molecule has 0 radical (unpaired) electrons. The lowest BCUT2D eigenvalue weighted by atomic mass is 9.98. The van der Waals surface area contributed by atoms with E-state index in [9.17, 15) is 0 Å². The zero-order valence-electron chi connectivity index (χ0n) is 17.2. The Morgan fingerprint density at radius 3 is 3.07 bits per heavy atom. The Morgan fingerprint density at radius 1 is 1.38 bits per heavy atom. The molecule has 0 aliphatic carbocycles. The van der Waals surface area contributed by atoms with Gasteiger partial charge in [0.2, 0.25) is 5.65 Å². The minimum absolute atomic E-state index is 0. The zero-order valence-corrected chi connectivity index (χ0v) is 19.5. The van der Waals surface area contributed by atoms with Crippen LogP contribution in [0.1, 0.15) is 32.6 Å². The minimum atomic E-state index is -0.0815. The molecule has 10 heteroatoms. The van der Waals surface area contributed by atoms with Crippen molar-refractivity contribution in [1.29, 1.82) is 0 Å². The highest BCUT2D eigenvalue weighted by Gasteiger charge is 2.30. The normalized spacial score (nSPS) is 25.1. The molecule has 2 fully saturated rings.